The summed E-state index contributed by atoms with van der Waals surface area (Å²) in [6, 6.07) is 1.48. The fourth-order valence-corrected chi connectivity index (χ4v) is 3.28. The average molecular weight is 379 g/mol. The van der Waals surface area contributed by atoms with Gasteiger partial charge >= 0.3 is 0 Å². The molecule has 1 heterocycles. The van der Waals surface area contributed by atoms with E-state index < -0.39 is 10.0 Å². The number of hydrogen-bond acceptors (Lipinski definition) is 5. The Bertz CT molecular complexity index is 605. The molecule has 21 heavy (non-hydrogen) atoms. The molecule has 0 aliphatic heterocycles. The number of nitrogens with zero attached hydrogens (tertiary/aromatic N) is 1. The van der Waals surface area contributed by atoms with Crippen molar-refractivity contribution in [3.8, 4) is 0 Å². The van der Waals surface area contributed by atoms with Gasteiger partial charge in [0.2, 0.25) is 15.9 Å². The molecule has 1 rings (SSSR count). The first-order valence-electron chi connectivity index (χ1n) is 6.38. The quantitative estimate of drug-likeness (QED) is 0.658. The van der Waals surface area contributed by atoms with E-state index >= 15 is 0 Å². The zero-order chi connectivity index (χ0) is 16.0. The van der Waals surface area contributed by atoms with Crippen molar-refractivity contribution in [2.75, 3.05) is 18.9 Å². The number of pyridine rings is 1. The number of halogens is 1. The number of nitrogens with one attached hydrogen (secondary N) is 3. The van der Waals surface area contributed by atoms with Crippen molar-refractivity contribution in [1.29, 1.82) is 0 Å². The van der Waals surface area contributed by atoms with Crippen LogP contribution in [0.5, 0.6) is 0 Å². The van der Waals surface area contributed by atoms with Gasteiger partial charge in [-0.25, -0.2) is 18.1 Å². The number of sulfonamides is 1. The van der Waals surface area contributed by atoms with Crippen molar-refractivity contribution in [1.82, 2.24) is 15.0 Å². The molecule has 9 heteroatoms. The maximum absolute atomic E-state index is 12.2. The first-order valence-corrected chi connectivity index (χ1v) is 8.66. The highest BCUT2D eigenvalue weighted by molar-refractivity contribution is 9.10. The molecule has 1 aromatic heterocycles. The Balaban J connectivity index is 2.74. The van der Waals surface area contributed by atoms with Crippen LogP contribution in [-0.4, -0.2) is 38.9 Å². The number of aromatic nitrogens is 1. The number of hydrogen-bond donors (Lipinski definition) is 3. The lowest BCUT2D eigenvalue weighted by molar-refractivity contribution is -0.121. The van der Waals surface area contributed by atoms with Crippen LogP contribution in [0.25, 0.3) is 0 Å². The van der Waals surface area contributed by atoms with E-state index in [1.54, 1.807) is 7.05 Å². The number of carbonyl (C=O) groups excluding carboxylic acids is 1. The Morgan fingerprint density at radius 3 is 2.67 bits per heavy atom. The minimum Gasteiger partial charge on any atom is -0.372 e. The van der Waals surface area contributed by atoms with Gasteiger partial charge in [0.25, 0.3) is 0 Å². The summed E-state index contributed by atoms with van der Waals surface area (Å²) in [6.07, 6.45) is 1.58. The third kappa shape index (κ3) is 5.60. The van der Waals surface area contributed by atoms with E-state index in [9.17, 15) is 13.2 Å². The van der Waals surface area contributed by atoms with Gasteiger partial charge in [0.15, 0.2) is 0 Å². The molecule has 0 unspecified atom stereocenters. The summed E-state index contributed by atoms with van der Waals surface area (Å²) >= 11 is 3.19. The third-order valence-corrected chi connectivity index (χ3v) is 4.35. The summed E-state index contributed by atoms with van der Waals surface area (Å²) in [5.41, 5.74) is 0. The van der Waals surface area contributed by atoms with Crippen LogP contribution in [0.1, 0.15) is 20.3 Å². The van der Waals surface area contributed by atoms with E-state index in [2.05, 4.69) is 36.3 Å². The van der Waals surface area contributed by atoms with E-state index in [-0.39, 0.29) is 35.6 Å². The lowest BCUT2D eigenvalue weighted by Gasteiger charge is -2.11. The Labute approximate surface area is 133 Å². The summed E-state index contributed by atoms with van der Waals surface area (Å²) in [6.45, 7) is 3.71. The van der Waals surface area contributed by atoms with E-state index in [0.717, 1.165) is 0 Å². The van der Waals surface area contributed by atoms with Crippen LogP contribution in [0.2, 0.25) is 0 Å². The second-order valence-corrected chi connectivity index (χ2v) is 7.27. The summed E-state index contributed by atoms with van der Waals surface area (Å²) in [5.74, 6) is 0.0474. The number of anilines is 1. The van der Waals surface area contributed by atoms with Crippen molar-refractivity contribution in [2.24, 2.45) is 0 Å². The van der Waals surface area contributed by atoms with Gasteiger partial charge in [-0.05, 0) is 35.8 Å². The Hall–Kier alpha value is -1.19. The molecule has 1 amide bonds. The molecular weight excluding hydrogens is 360 g/mol. The topological polar surface area (TPSA) is 100 Å². The normalized spacial score (nSPS) is 11.5. The maximum atomic E-state index is 12.2. The molecule has 0 saturated heterocycles. The molecule has 0 spiro atoms. The predicted octanol–water partition coefficient (Wildman–Crippen LogP) is 1.08. The van der Waals surface area contributed by atoms with Crippen LogP contribution in [0.4, 0.5) is 5.82 Å². The first-order chi connectivity index (χ1) is 9.76. The highest BCUT2D eigenvalue weighted by Gasteiger charge is 2.19. The Morgan fingerprint density at radius 1 is 1.43 bits per heavy atom. The molecule has 3 N–H and O–H groups in total. The molecule has 0 fully saturated rings. The smallest absolute Gasteiger partial charge is 0.244 e. The molecule has 1 aromatic rings. The van der Waals surface area contributed by atoms with Gasteiger partial charge in [0.05, 0.1) is 0 Å². The van der Waals surface area contributed by atoms with Crippen LogP contribution in [0, 0.1) is 0 Å². The fourth-order valence-electron chi connectivity index (χ4n) is 1.58. The van der Waals surface area contributed by atoms with Crippen molar-refractivity contribution < 1.29 is 13.2 Å². The summed E-state index contributed by atoms with van der Waals surface area (Å²) in [7, 11) is -2.15. The average Bonchev–Trinajstić information content (AvgIpc) is 2.37. The number of amides is 1. The molecule has 0 atom stereocenters. The lowest BCUT2D eigenvalue weighted by Crippen LogP contribution is -2.34. The maximum Gasteiger partial charge on any atom is 0.244 e. The monoisotopic (exact) mass is 378 g/mol. The third-order valence-electron chi connectivity index (χ3n) is 2.44. The van der Waals surface area contributed by atoms with Gasteiger partial charge in [-0.3, -0.25) is 4.79 Å². The molecule has 118 valence electrons. The Morgan fingerprint density at radius 2 is 2.10 bits per heavy atom. The van der Waals surface area contributed by atoms with Crippen LogP contribution < -0.4 is 15.4 Å². The largest absolute Gasteiger partial charge is 0.372 e. The molecule has 0 bridgehead atoms. The van der Waals surface area contributed by atoms with Crippen LogP contribution in [-0.2, 0) is 14.8 Å². The summed E-state index contributed by atoms with van der Waals surface area (Å²) in [5, 5.41) is 5.42. The van der Waals surface area contributed by atoms with Crippen LogP contribution in [0.3, 0.4) is 0 Å². The molecule has 0 aromatic carbocycles. The van der Waals surface area contributed by atoms with Gasteiger partial charge in [-0.1, -0.05) is 0 Å². The van der Waals surface area contributed by atoms with Gasteiger partial charge in [0.1, 0.15) is 10.7 Å². The van der Waals surface area contributed by atoms with E-state index in [1.807, 2.05) is 13.8 Å². The predicted molar refractivity (Wildman–Crippen MR) is 84.6 cm³/mol. The lowest BCUT2D eigenvalue weighted by atomic mass is 10.3. The second kappa shape index (κ2) is 7.71. The minimum atomic E-state index is -3.73. The summed E-state index contributed by atoms with van der Waals surface area (Å²) in [4.78, 5) is 15.5. The highest BCUT2D eigenvalue weighted by Crippen LogP contribution is 2.22. The molecule has 0 aliphatic rings. The van der Waals surface area contributed by atoms with E-state index in [1.165, 1.54) is 12.3 Å². The van der Waals surface area contributed by atoms with E-state index in [4.69, 9.17) is 0 Å². The van der Waals surface area contributed by atoms with Crippen molar-refractivity contribution in [3.63, 3.8) is 0 Å². The molecule has 0 saturated carbocycles. The molecule has 0 radical (unpaired) electrons. The number of rotatable bonds is 7. The Kier molecular flexibility index (Phi) is 6.56. The summed E-state index contributed by atoms with van der Waals surface area (Å²) < 4.78 is 27.4. The molecule has 0 aliphatic carbocycles. The van der Waals surface area contributed by atoms with Gasteiger partial charge in [0, 0.05) is 36.7 Å². The van der Waals surface area contributed by atoms with Crippen molar-refractivity contribution in [3.05, 3.63) is 16.7 Å². The van der Waals surface area contributed by atoms with Gasteiger partial charge in [-0.15, -0.1) is 0 Å². The fraction of sp³-hybridized carbons (Fsp3) is 0.500. The van der Waals surface area contributed by atoms with Crippen LogP contribution in [0.15, 0.2) is 21.6 Å². The first kappa shape index (κ1) is 17.9. The van der Waals surface area contributed by atoms with Gasteiger partial charge < -0.3 is 10.6 Å². The number of carbonyl (C=O) groups is 1. The van der Waals surface area contributed by atoms with Gasteiger partial charge in [-0.2, -0.15) is 0 Å². The van der Waals surface area contributed by atoms with E-state index in [0.29, 0.717) is 4.47 Å². The second-order valence-electron chi connectivity index (χ2n) is 4.62. The van der Waals surface area contributed by atoms with Crippen molar-refractivity contribution in [2.45, 2.75) is 31.2 Å². The molecular formula is C12H19BrN4O3S. The zero-order valence-corrected chi connectivity index (χ0v) is 14.5. The standard InChI is InChI=1S/C12H19BrN4O3S/c1-8(2)17-11(18)4-5-16-21(19,20)10-6-9(13)7-15-12(10)14-3/h6-8,16H,4-5H2,1-3H3,(H,14,15)(H,17,18). The van der Waals surface area contributed by atoms with Crippen LogP contribution >= 0.6 is 15.9 Å². The minimum absolute atomic E-state index is 0.0244. The SMILES string of the molecule is CNc1ncc(Br)cc1S(=O)(=O)NCCC(=O)NC(C)C. The van der Waals surface area contributed by atoms with Crippen molar-refractivity contribution >= 4 is 37.7 Å². The molecule has 7 nitrogen and oxygen atoms in total. The zero-order valence-electron chi connectivity index (χ0n) is 12.1. The highest BCUT2D eigenvalue weighted by atomic mass is 79.9.